The van der Waals surface area contributed by atoms with Gasteiger partial charge in [-0.2, -0.15) is 10.4 Å². The van der Waals surface area contributed by atoms with Crippen LogP contribution < -0.4 is 11.0 Å². The van der Waals surface area contributed by atoms with Crippen LogP contribution in [0.25, 0.3) is 11.3 Å². The van der Waals surface area contributed by atoms with Crippen molar-refractivity contribution in [1.29, 1.82) is 5.26 Å². The number of nitrogens with zero attached hydrogens (tertiary/aromatic N) is 3. The molecule has 0 radical (unpaired) electrons. The molecule has 0 bridgehead atoms. The number of hydrogen-bond donors (Lipinski definition) is 1. The van der Waals surface area contributed by atoms with E-state index in [-0.39, 0.29) is 18.7 Å². The number of pyridine rings is 1. The van der Waals surface area contributed by atoms with Gasteiger partial charge in [0, 0.05) is 28.4 Å². The number of amides is 1. The van der Waals surface area contributed by atoms with Crippen LogP contribution >= 0.6 is 15.9 Å². The Morgan fingerprint density at radius 2 is 2.06 bits per heavy atom. The second-order valence-corrected chi connectivity index (χ2v) is 7.54. The highest BCUT2D eigenvalue weighted by molar-refractivity contribution is 9.10. The predicted molar refractivity (Wildman–Crippen MR) is 118 cm³/mol. The number of hydrazone groups is 1. The summed E-state index contributed by atoms with van der Waals surface area (Å²) in [5.41, 5.74) is 3.72. The van der Waals surface area contributed by atoms with Crippen LogP contribution in [0, 0.1) is 18.3 Å². The maximum atomic E-state index is 12.6. The smallest absolute Gasteiger partial charge is 0.269 e. The van der Waals surface area contributed by atoms with Crippen LogP contribution in [0.5, 0.6) is 0 Å². The molecular formula is C22H19BrN4O4. The fourth-order valence-electron chi connectivity index (χ4n) is 2.96. The number of carbonyl (C=O) groups excluding carboxylic acids is 1. The highest BCUT2D eigenvalue weighted by Gasteiger charge is 2.14. The van der Waals surface area contributed by atoms with Crippen LogP contribution in [-0.2, 0) is 22.7 Å². The highest BCUT2D eigenvalue weighted by Crippen LogP contribution is 2.23. The average molecular weight is 483 g/mol. The normalized spacial score (nSPS) is 10.9. The van der Waals surface area contributed by atoms with Gasteiger partial charge in [-0.1, -0.05) is 28.1 Å². The molecule has 0 saturated carbocycles. The fourth-order valence-corrected chi connectivity index (χ4v) is 3.22. The Morgan fingerprint density at radius 3 is 2.74 bits per heavy atom. The Morgan fingerprint density at radius 1 is 1.32 bits per heavy atom. The molecule has 1 aromatic carbocycles. The molecule has 1 N–H and O–H groups in total. The number of aryl methyl sites for hydroxylation is 1. The van der Waals surface area contributed by atoms with Gasteiger partial charge in [-0.25, -0.2) is 5.43 Å². The number of benzene rings is 1. The minimum Gasteiger partial charge on any atom is -0.455 e. The number of ether oxygens (including phenoxy) is 1. The summed E-state index contributed by atoms with van der Waals surface area (Å²) in [6.45, 7) is 1.55. The maximum absolute atomic E-state index is 12.6. The lowest BCUT2D eigenvalue weighted by atomic mass is 10.1. The van der Waals surface area contributed by atoms with Gasteiger partial charge in [-0.3, -0.25) is 9.59 Å². The first-order chi connectivity index (χ1) is 14.9. The van der Waals surface area contributed by atoms with Gasteiger partial charge in [-0.05, 0) is 37.3 Å². The van der Waals surface area contributed by atoms with Gasteiger partial charge < -0.3 is 13.7 Å². The van der Waals surface area contributed by atoms with E-state index >= 15 is 0 Å². The molecule has 0 aliphatic rings. The van der Waals surface area contributed by atoms with Gasteiger partial charge in [0.2, 0.25) is 0 Å². The summed E-state index contributed by atoms with van der Waals surface area (Å²) < 4.78 is 12.9. The van der Waals surface area contributed by atoms with Crippen molar-refractivity contribution in [1.82, 2.24) is 9.99 Å². The SMILES string of the molecule is COCc1cc(C)n(CC(=O)N/N=C\c2ccc(-c3ccc(Br)cc3)o2)c(=O)c1C#N. The van der Waals surface area contributed by atoms with E-state index in [2.05, 4.69) is 26.5 Å². The molecule has 0 fully saturated rings. The van der Waals surface area contributed by atoms with E-state index in [0.717, 1.165) is 10.0 Å². The third-order valence-electron chi connectivity index (χ3n) is 4.44. The van der Waals surface area contributed by atoms with E-state index in [0.29, 0.717) is 22.8 Å². The molecule has 8 nitrogen and oxygen atoms in total. The Bertz CT molecular complexity index is 1220. The number of nitrogens with one attached hydrogen (secondary N) is 1. The van der Waals surface area contributed by atoms with Crippen molar-refractivity contribution in [2.45, 2.75) is 20.1 Å². The van der Waals surface area contributed by atoms with E-state index in [1.807, 2.05) is 30.3 Å². The van der Waals surface area contributed by atoms with Crippen LogP contribution in [0.3, 0.4) is 0 Å². The maximum Gasteiger partial charge on any atom is 0.269 e. The zero-order chi connectivity index (χ0) is 22.4. The molecule has 0 saturated heterocycles. The molecule has 1 amide bonds. The zero-order valence-corrected chi connectivity index (χ0v) is 18.5. The van der Waals surface area contributed by atoms with Crippen molar-refractivity contribution in [3.8, 4) is 17.4 Å². The lowest BCUT2D eigenvalue weighted by molar-refractivity contribution is -0.121. The van der Waals surface area contributed by atoms with Crippen molar-refractivity contribution in [2.24, 2.45) is 5.10 Å². The van der Waals surface area contributed by atoms with Crippen LogP contribution in [0.15, 0.2) is 61.3 Å². The Labute approximate surface area is 186 Å². The number of rotatable bonds is 7. The molecule has 0 atom stereocenters. The largest absolute Gasteiger partial charge is 0.455 e. The van der Waals surface area contributed by atoms with E-state index in [9.17, 15) is 14.9 Å². The molecule has 31 heavy (non-hydrogen) atoms. The minimum absolute atomic E-state index is 0.0418. The van der Waals surface area contributed by atoms with Crippen molar-refractivity contribution >= 4 is 28.1 Å². The fraction of sp³-hybridized carbons (Fsp3) is 0.182. The van der Waals surface area contributed by atoms with Crippen LogP contribution in [0.4, 0.5) is 0 Å². The molecule has 3 rings (SSSR count). The second-order valence-electron chi connectivity index (χ2n) is 6.62. The first kappa shape index (κ1) is 22.2. The number of nitriles is 1. The van der Waals surface area contributed by atoms with Crippen LogP contribution in [0.2, 0.25) is 0 Å². The number of halogens is 1. The molecule has 0 aliphatic carbocycles. The monoisotopic (exact) mass is 482 g/mol. The minimum atomic E-state index is -0.543. The summed E-state index contributed by atoms with van der Waals surface area (Å²) >= 11 is 3.39. The number of hydrogen-bond acceptors (Lipinski definition) is 6. The molecule has 0 spiro atoms. The summed E-state index contributed by atoms with van der Waals surface area (Å²) in [7, 11) is 1.48. The summed E-state index contributed by atoms with van der Waals surface area (Å²) in [5, 5.41) is 13.2. The van der Waals surface area contributed by atoms with Crippen molar-refractivity contribution < 1.29 is 13.9 Å². The molecule has 0 unspecified atom stereocenters. The van der Waals surface area contributed by atoms with Crippen LogP contribution in [0.1, 0.15) is 22.6 Å². The standard InChI is InChI=1S/C22H19BrN4O4/c1-14-9-16(13-30-2)19(10-24)22(29)27(14)12-21(28)26-25-11-18-7-8-20(31-18)15-3-5-17(23)6-4-15/h3-9,11H,12-13H2,1-2H3,(H,26,28)/b25-11-. The van der Waals surface area contributed by atoms with Gasteiger partial charge in [0.05, 0.1) is 12.8 Å². The number of aromatic nitrogens is 1. The average Bonchev–Trinajstić information content (AvgIpc) is 3.21. The van der Waals surface area contributed by atoms with Gasteiger partial charge in [0.1, 0.15) is 29.7 Å². The Balaban J connectivity index is 1.67. The first-order valence-corrected chi connectivity index (χ1v) is 10.0. The third kappa shape index (κ3) is 5.36. The predicted octanol–water partition coefficient (Wildman–Crippen LogP) is 3.35. The van der Waals surface area contributed by atoms with E-state index < -0.39 is 11.5 Å². The lowest BCUT2D eigenvalue weighted by Crippen LogP contribution is -2.33. The summed E-state index contributed by atoms with van der Waals surface area (Å²) in [6.07, 6.45) is 1.37. The Hall–Kier alpha value is -3.48. The third-order valence-corrected chi connectivity index (χ3v) is 4.97. The molecule has 3 aromatic rings. The molecule has 0 aliphatic heterocycles. The van der Waals surface area contributed by atoms with Gasteiger partial charge >= 0.3 is 0 Å². The summed E-state index contributed by atoms with van der Waals surface area (Å²) in [6, 6.07) is 14.7. The molecule has 9 heteroatoms. The Kier molecular flexibility index (Phi) is 7.18. The molecule has 2 heterocycles. The van der Waals surface area contributed by atoms with E-state index in [1.54, 1.807) is 25.1 Å². The van der Waals surface area contributed by atoms with Gasteiger partial charge in [0.15, 0.2) is 0 Å². The number of methoxy groups -OCH3 is 1. The van der Waals surface area contributed by atoms with Crippen molar-refractivity contribution in [3.05, 3.63) is 79.9 Å². The number of carbonyl (C=O) groups is 1. The number of furan rings is 1. The van der Waals surface area contributed by atoms with Gasteiger partial charge in [0.25, 0.3) is 11.5 Å². The van der Waals surface area contributed by atoms with Gasteiger partial charge in [-0.15, -0.1) is 0 Å². The zero-order valence-electron chi connectivity index (χ0n) is 16.9. The highest BCUT2D eigenvalue weighted by atomic mass is 79.9. The molecule has 158 valence electrons. The second kappa shape index (κ2) is 10.0. The van der Waals surface area contributed by atoms with E-state index in [1.165, 1.54) is 17.9 Å². The van der Waals surface area contributed by atoms with Crippen molar-refractivity contribution in [2.75, 3.05) is 7.11 Å². The first-order valence-electron chi connectivity index (χ1n) is 9.23. The summed E-state index contributed by atoms with van der Waals surface area (Å²) in [5.74, 6) is 0.620. The summed E-state index contributed by atoms with van der Waals surface area (Å²) in [4.78, 5) is 24.8. The molecule has 2 aromatic heterocycles. The van der Waals surface area contributed by atoms with Crippen LogP contribution in [-0.4, -0.2) is 23.8 Å². The topological polar surface area (TPSA) is 110 Å². The van der Waals surface area contributed by atoms with E-state index in [4.69, 9.17) is 9.15 Å². The van der Waals surface area contributed by atoms with Crippen molar-refractivity contribution in [3.63, 3.8) is 0 Å². The molecular weight excluding hydrogens is 464 g/mol. The lowest BCUT2D eigenvalue weighted by Gasteiger charge is -2.12. The quantitative estimate of drug-likeness (QED) is 0.410.